The van der Waals surface area contributed by atoms with Gasteiger partial charge in [0.1, 0.15) is 0 Å². The second-order valence-corrected chi connectivity index (χ2v) is 6.35. The predicted molar refractivity (Wildman–Crippen MR) is 84.9 cm³/mol. The monoisotopic (exact) mass is 291 g/mol. The molecular weight excluding hydrogens is 266 g/mol. The predicted octanol–water partition coefficient (Wildman–Crippen LogP) is 1.89. The van der Waals surface area contributed by atoms with Crippen LogP contribution in [0.15, 0.2) is 24.3 Å². The van der Waals surface area contributed by atoms with Crippen LogP contribution in [-0.4, -0.2) is 36.3 Å². The van der Waals surface area contributed by atoms with Gasteiger partial charge in [-0.1, -0.05) is 20.8 Å². The van der Waals surface area contributed by atoms with Crippen molar-refractivity contribution in [3.05, 3.63) is 29.8 Å². The molecule has 0 saturated carbocycles. The van der Waals surface area contributed by atoms with E-state index in [1.807, 2.05) is 6.92 Å². The number of hydrogen-bond acceptors (Lipinski definition) is 3. The van der Waals surface area contributed by atoms with Gasteiger partial charge in [0.2, 0.25) is 5.91 Å². The molecule has 0 heterocycles. The molecule has 2 amide bonds. The second-order valence-electron chi connectivity index (χ2n) is 6.35. The summed E-state index contributed by atoms with van der Waals surface area (Å²) in [5, 5.41) is 2.63. The molecule has 5 heteroatoms. The number of nitrogens with two attached hydrogens (primary N) is 1. The number of hydrogen-bond donors (Lipinski definition) is 2. The van der Waals surface area contributed by atoms with Gasteiger partial charge in [-0.2, -0.15) is 0 Å². The molecule has 1 aromatic carbocycles. The lowest BCUT2D eigenvalue weighted by Crippen LogP contribution is -2.47. The van der Waals surface area contributed by atoms with Crippen molar-refractivity contribution in [3.8, 4) is 0 Å². The molecule has 0 saturated heterocycles. The third kappa shape index (κ3) is 4.77. The fourth-order valence-electron chi connectivity index (χ4n) is 1.81. The van der Waals surface area contributed by atoms with Gasteiger partial charge < -0.3 is 16.0 Å². The lowest BCUT2D eigenvalue weighted by Gasteiger charge is -2.35. The molecule has 116 valence electrons. The molecule has 1 atom stereocenters. The number of carbonyl (C=O) groups excluding carboxylic acids is 2. The number of amides is 2. The Labute approximate surface area is 126 Å². The van der Waals surface area contributed by atoms with Gasteiger partial charge in [-0.25, -0.2) is 0 Å². The maximum absolute atomic E-state index is 12.1. The van der Waals surface area contributed by atoms with Crippen LogP contribution in [0.1, 0.15) is 38.1 Å². The van der Waals surface area contributed by atoms with Crippen molar-refractivity contribution in [1.29, 1.82) is 0 Å². The molecule has 0 radical (unpaired) electrons. The largest absolute Gasteiger partial charge is 0.399 e. The zero-order valence-electron chi connectivity index (χ0n) is 13.4. The van der Waals surface area contributed by atoms with Crippen molar-refractivity contribution in [2.24, 2.45) is 5.41 Å². The number of nitrogens with zero attached hydrogens (tertiary/aromatic N) is 1. The molecule has 0 aromatic heterocycles. The van der Waals surface area contributed by atoms with Crippen molar-refractivity contribution in [2.45, 2.75) is 33.7 Å². The van der Waals surface area contributed by atoms with E-state index in [4.69, 9.17) is 5.73 Å². The lowest BCUT2D eigenvalue weighted by atomic mass is 9.87. The van der Waals surface area contributed by atoms with Crippen LogP contribution in [0.5, 0.6) is 0 Å². The molecule has 0 aliphatic heterocycles. The van der Waals surface area contributed by atoms with Crippen LogP contribution in [0, 0.1) is 5.41 Å². The number of carbonyl (C=O) groups is 2. The van der Waals surface area contributed by atoms with E-state index in [0.29, 0.717) is 11.3 Å². The Morgan fingerprint density at radius 1 is 1.24 bits per heavy atom. The average Bonchev–Trinajstić information content (AvgIpc) is 2.42. The Morgan fingerprint density at radius 2 is 1.76 bits per heavy atom. The number of rotatable bonds is 4. The first-order valence-electron chi connectivity index (χ1n) is 7.02. The summed E-state index contributed by atoms with van der Waals surface area (Å²) in [5.41, 5.74) is 6.65. The smallest absolute Gasteiger partial charge is 0.251 e. The minimum absolute atomic E-state index is 0.00856. The maximum Gasteiger partial charge on any atom is 0.251 e. The van der Waals surface area contributed by atoms with E-state index in [1.54, 1.807) is 36.2 Å². The molecule has 0 aliphatic carbocycles. The van der Waals surface area contributed by atoms with E-state index in [2.05, 4.69) is 26.1 Å². The summed E-state index contributed by atoms with van der Waals surface area (Å²) in [4.78, 5) is 25.7. The Bertz CT molecular complexity index is 503. The van der Waals surface area contributed by atoms with Crippen molar-refractivity contribution < 1.29 is 9.59 Å². The van der Waals surface area contributed by atoms with Crippen LogP contribution < -0.4 is 11.1 Å². The third-order valence-corrected chi connectivity index (χ3v) is 3.80. The first-order chi connectivity index (χ1) is 9.62. The highest BCUT2D eigenvalue weighted by molar-refractivity contribution is 5.96. The highest BCUT2D eigenvalue weighted by atomic mass is 16.2. The Morgan fingerprint density at radius 3 is 2.24 bits per heavy atom. The quantitative estimate of drug-likeness (QED) is 0.832. The Hall–Kier alpha value is -2.04. The highest BCUT2D eigenvalue weighted by Crippen LogP contribution is 2.22. The van der Waals surface area contributed by atoms with Crippen LogP contribution in [-0.2, 0) is 4.79 Å². The van der Waals surface area contributed by atoms with Crippen molar-refractivity contribution >= 4 is 17.5 Å². The van der Waals surface area contributed by atoms with E-state index < -0.39 is 0 Å². The molecular formula is C16H25N3O2. The van der Waals surface area contributed by atoms with Gasteiger partial charge in [-0.15, -0.1) is 0 Å². The third-order valence-electron chi connectivity index (χ3n) is 3.80. The molecule has 0 bridgehead atoms. The Balaban J connectivity index is 2.56. The number of nitrogens with one attached hydrogen (secondary N) is 1. The van der Waals surface area contributed by atoms with Crippen molar-refractivity contribution in [3.63, 3.8) is 0 Å². The first-order valence-corrected chi connectivity index (χ1v) is 7.02. The normalized spacial score (nSPS) is 12.6. The molecule has 0 aliphatic rings. The minimum atomic E-state index is -0.278. The van der Waals surface area contributed by atoms with Crippen LogP contribution in [0.3, 0.4) is 0 Å². The zero-order valence-corrected chi connectivity index (χ0v) is 13.4. The number of likely N-dealkylation sites (N-methyl/N-ethyl adjacent to an activating group) is 1. The van der Waals surface area contributed by atoms with Gasteiger partial charge >= 0.3 is 0 Å². The summed E-state index contributed by atoms with van der Waals surface area (Å²) in [6.45, 7) is 8.22. The summed E-state index contributed by atoms with van der Waals surface area (Å²) in [5.74, 6) is -0.388. The topological polar surface area (TPSA) is 75.4 Å². The Kier molecular flexibility index (Phi) is 5.35. The molecule has 3 N–H and O–H groups in total. The number of anilines is 1. The SMILES string of the molecule is CC(N(C)C(=O)CNC(=O)c1ccc(N)cc1)C(C)(C)C. The molecule has 1 rings (SSSR count). The van der Waals surface area contributed by atoms with Gasteiger partial charge in [0.05, 0.1) is 6.54 Å². The number of benzene rings is 1. The molecule has 1 unspecified atom stereocenters. The van der Waals surface area contributed by atoms with Gasteiger partial charge in [-0.3, -0.25) is 9.59 Å². The summed E-state index contributed by atoms with van der Waals surface area (Å²) in [6.07, 6.45) is 0. The summed E-state index contributed by atoms with van der Waals surface area (Å²) < 4.78 is 0. The summed E-state index contributed by atoms with van der Waals surface area (Å²) in [6, 6.07) is 6.67. The van der Waals surface area contributed by atoms with E-state index in [0.717, 1.165) is 0 Å². The fourth-order valence-corrected chi connectivity index (χ4v) is 1.81. The maximum atomic E-state index is 12.1. The first kappa shape index (κ1) is 17.0. The molecule has 1 aromatic rings. The summed E-state index contributed by atoms with van der Waals surface area (Å²) >= 11 is 0. The van der Waals surface area contributed by atoms with Gasteiger partial charge in [0.25, 0.3) is 5.91 Å². The average molecular weight is 291 g/mol. The van der Waals surface area contributed by atoms with Crippen LogP contribution in [0.4, 0.5) is 5.69 Å². The van der Waals surface area contributed by atoms with Crippen molar-refractivity contribution in [1.82, 2.24) is 10.2 Å². The van der Waals surface area contributed by atoms with Crippen molar-refractivity contribution in [2.75, 3.05) is 19.3 Å². The van der Waals surface area contributed by atoms with Gasteiger partial charge in [0, 0.05) is 24.3 Å². The zero-order chi connectivity index (χ0) is 16.2. The van der Waals surface area contributed by atoms with Crippen LogP contribution >= 0.6 is 0 Å². The molecule has 5 nitrogen and oxygen atoms in total. The van der Waals surface area contributed by atoms with E-state index in [-0.39, 0.29) is 29.8 Å². The standard InChI is InChI=1S/C16H25N3O2/c1-11(16(2,3)4)19(5)14(20)10-18-15(21)12-6-8-13(17)9-7-12/h6-9,11H,10,17H2,1-5H3,(H,18,21). The minimum Gasteiger partial charge on any atom is -0.399 e. The second kappa shape index (κ2) is 6.61. The van der Waals surface area contributed by atoms with E-state index >= 15 is 0 Å². The number of nitrogen functional groups attached to an aromatic ring is 1. The fraction of sp³-hybridized carbons (Fsp3) is 0.500. The molecule has 21 heavy (non-hydrogen) atoms. The van der Waals surface area contributed by atoms with Crippen LogP contribution in [0.25, 0.3) is 0 Å². The van der Waals surface area contributed by atoms with E-state index in [9.17, 15) is 9.59 Å². The highest BCUT2D eigenvalue weighted by Gasteiger charge is 2.26. The van der Waals surface area contributed by atoms with Gasteiger partial charge in [0.15, 0.2) is 0 Å². The molecule has 0 spiro atoms. The van der Waals surface area contributed by atoms with E-state index in [1.165, 1.54) is 0 Å². The molecule has 0 fully saturated rings. The lowest BCUT2D eigenvalue weighted by molar-refractivity contribution is -0.132. The summed E-state index contributed by atoms with van der Waals surface area (Å²) in [7, 11) is 1.76. The van der Waals surface area contributed by atoms with Crippen LogP contribution in [0.2, 0.25) is 0 Å². The van der Waals surface area contributed by atoms with Gasteiger partial charge in [-0.05, 0) is 36.6 Å².